The van der Waals surface area contributed by atoms with Crippen molar-refractivity contribution in [1.82, 2.24) is 5.32 Å². The van der Waals surface area contributed by atoms with Crippen LogP contribution in [0, 0.1) is 5.92 Å². The Morgan fingerprint density at radius 3 is 2.29 bits per heavy atom. The summed E-state index contributed by atoms with van der Waals surface area (Å²) in [4.78, 5) is 27.2. The lowest BCUT2D eigenvalue weighted by molar-refractivity contribution is -0.137. The summed E-state index contributed by atoms with van der Waals surface area (Å²) in [5.74, 6) is -0.349. The van der Waals surface area contributed by atoms with Crippen LogP contribution in [0.3, 0.4) is 0 Å². The highest BCUT2D eigenvalue weighted by Crippen LogP contribution is 2.32. The number of hydrogen-bond acceptors (Lipinski definition) is 4. The number of urea groups is 1. The molecule has 0 bridgehead atoms. The van der Waals surface area contributed by atoms with Crippen LogP contribution in [0.4, 0.5) is 35.0 Å². The molecule has 1 heterocycles. The number of rotatable bonds is 8. The molecule has 0 aromatic heterocycles. The first-order chi connectivity index (χ1) is 19.3. The summed E-state index contributed by atoms with van der Waals surface area (Å²) in [6, 6.07) is 16.7. The Bertz CT molecular complexity index is 1490. The Balaban J connectivity index is 1.42. The van der Waals surface area contributed by atoms with Gasteiger partial charge in [0.2, 0.25) is 15.9 Å². The predicted molar refractivity (Wildman–Crippen MR) is 153 cm³/mol. The van der Waals surface area contributed by atoms with E-state index in [2.05, 4.69) is 15.4 Å². The van der Waals surface area contributed by atoms with Gasteiger partial charge in [-0.1, -0.05) is 44.2 Å². The number of hydrogen-bond donors (Lipinski definition) is 3. The van der Waals surface area contributed by atoms with Crippen LogP contribution < -0.4 is 20.3 Å². The van der Waals surface area contributed by atoms with Crippen molar-refractivity contribution < 1.29 is 31.2 Å². The highest BCUT2D eigenvalue weighted by Gasteiger charge is 2.32. The number of carbonyl (C=O) groups is 2. The number of carbonyl (C=O) groups excluding carboxylic acids is 2. The lowest BCUT2D eigenvalue weighted by Crippen LogP contribution is -2.53. The third kappa shape index (κ3) is 7.78. The summed E-state index contributed by atoms with van der Waals surface area (Å²) in [5, 5.41) is 5.08. The van der Waals surface area contributed by atoms with Gasteiger partial charge in [0.25, 0.3) is 0 Å². The van der Waals surface area contributed by atoms with Gasteiger partial charge in [-0.3, -0.25) is 9.52 Å². The van der Waals surface area contributed by atoms with Gasteiger partial charge in [-0.25, -0.2) is 13.2 Å². The van der Waals surface area contributed by atoms with Crippen LogP contribution in [0.1, 0.15) is 32.3 Å². The number of halogens is 3. The van der Waals surface area contributed by atoms with Gasteiger partial charge in [0, 0.05) is 23.5 Å². The van der Waals surface area contributed by atoms with Gasteiger partial charge < -0.3 is 15.5 Å². The van der Waals surface area contributed by atoms with Crippen LogP contribution in [-0.4, -0.2) is 38.7 Å². The van der Waals surface area contributed by atoms with Crippen LogP contribution >= 0.6 is 0 Å². The van der Waals surface area contributed by atoms with Crippen molar-refractivity contribution in [2.45, 2.75) is 38.9 Å². The summed E-state index contributed by atoms with van der Waals surface area (Å²) in [6.07, 6.45) is -3.44. The number of amides is 3. The molecule has 0 spiro atoms. The molecule has 41 heavy (non-hydrogen) atoms. The van der Waals surface area contributed by atoms with Gasteiger partial charge in [0.15, 0.2) is 0 Å². The number of benzene rings is 3. The number of alkyl halides is 3. The van der Waals surface area contributed by atoms with Crippen molar-refractivity contribution in [3.8, 4) is 11.1 Å². The molecule has 1 saturated heterocycles. The molecule has 1 aliphatic rings. The van der Waals surface area contributed by atoms with Crippen LogP contribution in [0.2, 0.25) is 0 Å². The molecule has 1 aliphatic heterocycles. The van der Waals surface area contributed by atoms with Crippen molar-refractivity contribution in [1.29, 1.82) is 0 Å². The monoisotopic (exact) mass is 588 g/mol. The van der Waals surface area contributed by atoms with E-state index in [1.165, 1.54) is 0 Å². The number of nitrogens with one attached hydrogen (secondary N) is 3. The Labute approximate surface area is 237 Å². The lowest BCUT2D eigenvalue weighted by atomic mass is 10.0. The minimum Gasteiger partial charge on any atom is -0.326 e. The van der Waals surface area contributed by atoms with Crippen molar-refractivity contribution in [3.05, 3.63) is 78.4 Å². The number of sulfonamides is 1. The summed E-state index contributed by atoms with van der Waals surface area (Å²) >= 11 is 0. The fraction of sp³-hybridized carbons (Fsp3) is 0.310. The van der Waals surface area contributed by atoms with Crippen molar-refractivity contribution in [2.75, 3.05) is 27.2 Å². The van der Waals surface area contributed by atoms with E-state index in [1.807, 2.05) is 26.0 Å². The molecular weight excluding hydrogens is 557 g/mol. The van der Waals surface area contributed by atoms with Crippen LogP contribution in [-0.2, 0) is 21.0 Å². The smallest absolute Gasteiger partial charge is 0.326 e. The van der Waals surface area contributed by atoms with E-state index in [1.54, 1.807) is 41.3 Å². The maximum atomic E-state index is 13.2. The third-order valence-electron chi connectivity index (χ3n) is 6.45. The minimum atomic E-state index is -4.48. The molecule has 0 aliphatic carbocycles. The normalized spacial score (nSPS) is 16.0. The standard InChI is InChI=1S/C29H31F3N4O4S/c1-19(2)18-41(39,40)35-25-7-4-3-6-24(25)20-9-15-23(16-10-20)36-17-5-8-26(27(36)37)34-28(38)33-22-13-11-21(12-14-22)29(30,31)32/h3-4,6-7,9-16,19,26,35H,5,8,17-18H2,1-2H3,(H2,33,34,38)/t26-/m1/s1. The quantitative estimate of drug-likeness (QED) is 0.296. The number of piperidine rings is 1. The average molecular weight is 589 g/mol. The first-order valence-corrected chi connectivity index (χ1v) is 14.7. The lowest BCUT2D eigenvalue weighted by Gasteiger charge is -2.32. The summed E-state index contributed by atoms with van der Waals surface area (Å²) in [5.41, 5.74) is 1.86. The highest BCUT2D eigenvalue weighted by atomic mass is 32.2. The second kappa shape index (κ2) is 12.2. The molecule has 3 aromatic carbocycles. The van der Waals surface area contributed by atoms with Crippen molar-refractivity contribution in [2.24, 2.45) is 5.92 Å². The Morgan fingerprint density at radius 2 is 1.66 bits per heavy atom. The maximum Gasteiger partial charge on any atom is 0.416 e. The van der Waals surface area contributed by atoms with E-state index >= 15 is 0 Å². The van der Waals surface area contributed by atoms with E-state index in [0.29, 0.717) is 36.3 Å². The van der Waals surface area contributed by atoms with Gasteiger partial charge in [-0.2, -0.15) is 13.2 Å². The molecule has 8 nitrogen and oxygen atoms in total. The second-order valence-corrected chi connectivity index (χ2v) is 12.0. The first-order valence-electron chi connectivity index (χ1n) is 13.1. The van der Waals surface area contributed by atoms with Crippen molar-refractivity contribution in [3.63, 3.8) is 0 Å². The second-order valence-electron chi connectivity index (χ2n) is 10.2. The molecule has 0 radical (unpaired) electrons. The summed E-state index contributed by atoms with van der Waals surface area (Å²) < 4.78 is 66.0. The van der Waals surface area contributed by atoms with Crippen LogP contribution in [0.15, 0.2) is 72.8 Å². The molecule has 0 saturated carbocycles. The fourth-order valence-corrected chi connectivity index (χ4v) is 6.10. The largest absolute Gasteiger partial charge is 0.416 e. The molecule has 3 N–H and O–H groups in total. The number of anilines is 3. The van der Waals surface area contributed by atoms with Gasteiger partial charge in [-0.05, 0) is 66.8 Å². The first kappa shape index (κ1) is 29.9. The molecule has 1 fully saturated rings. The number of nitrogens with zero attached hydrogens (tertiary/aromatic N) is 1. The topological polar surface area (TPSA) is 108 Å². The highest BCUT2D eigenvalue weighted by molar-refractivity contribution is 7.92. The van der Waals surface area contributed by atoms with E-state index in [-0.39, 0.29) is 23.3 Å². The van der Waals surface area contributed by atoms with Crippen molar-refractivity contribution >= 4 is 39.0 Å². The van der Waals surface area contributed by atoms with Gasteiger partial charge >= 0.3 is 12.2 Å². The zero-order valence-electron chi connectivity index (χ0n) is 22.5. The molecule has 3 aromatic rings. The van der Waals surface area contributed by atoms with E-state index in [0.717, 1.165) is 29.8 Å². The van der Waals surface area contributed by atoms with Crippen LogP contribution in [0.25, 0.3) is 11.1 Å². The van der Waals surface area contributed by atoms with Gasteiger partial charge in [-0.15, -0.1) is 0 Å². The third-order valence-corrected chi connectivity index (χ3v) is 8.09. The minimum absolute atomic E-state index is 0.00505. The Kier molecular flexibility index (Phi) is 8.91. The van der Waals surface area contributed by atoms with Gasteiger partial charge in [0.05, 0.1) is 17.0 Å². The molecular formula is C29H31F3N4O4S. The predicted octanol–water partition coefficient (Wildman–Crippen LogP) is 6.09. The molecule has 218 valence electrons. The fourth-order valence-electron chi connectivity index (χ4n) is 4.63. The van der Waals surface area contributed by atoms with E-state index in [4.69, 9.17) is 0 Å². The molecule has 3 amide bonds. The van der Waals surface area contributed by atoms with E-state index in [9.17, 15) is 31.2 Å². The van der Waals surface area contributed by atoms with E-state index < -0.39 is 33.8 Å². The Morgan fingerprint density at radius 1 is 1.00 bits per heavy atom. The molecule has 12 heteroatoms. The summed E-state index contributed by atoms with van der Waals surface area (Å²) in [6.45, 7) is 4.11. The molecule has 4 rings (SSSR count). The van der Waals surface area contributed by atoms with Gasteiger partial charge in [0.1, 0.15) is 6.04 Å². The zero-order chi connectivity index (χ0) is 29.8. The Hall–Kier alpha value is -4.06. The molecule has 1 atom stereocenters. The SMILES string of the molecule is CC(C)CS(=O)(=O)Nc1ccccc1-c1ccc(N2CCC[C@@H](NC(=O)Nc3ccc(C(F)(F)F)cc3)C2=O)cc1. The molecule has 0 unspecified atom stereocenters. The number of para-hydroxylation sites is 1. The van der Waals surface area contributed by atoms with Crippen LogP contribution in [0.5, 0.6) is 0 Å². The average Bonchev–Trinajstić information content (AvgIpc) is 2.89. The maximum absolute atomic E-state index is 13.2. The summed E-state index contributed by atoms with van der Waals surface area (Å²) in [7, 11) is -3.53. The zero-order valence-corrected chi connectivity index (χ0v) is 23.4.